The van der Waals surface area contributed by atoms with Gasteiger partial charge < -0.3 is 10.5 Å². The van der Waals surface area contributed by atoms with Gasteiger partial charge in [-0.2, -0.15) is 4.31 Å². The molecule has 1 amide bonds. The minimum atomic E-state index is -4.85. The van der Waals surface area contributed by atoms with E-state index in [9.17, 15) is 26.4 Å². The highest BCUT2D eigenvalue weighted by molar-refractivity contribution is 7.89. The molecule has 0 aromatic heterocycles. The van der Waals surface area contributed by atoms with Gasteiger partial charge in [0.1, 0.15) is 11.8 Å². The summed E-state index contributed by atoms with van der Waals surface area (Å²) >= 11 is 0. The smallest absolute Gasteiger partial charge is 0.406 e. The molecule has 10 heteroatoms. The molecule has 1 aliphatic heterocycles. The van der Waals surface area contributed by atoms with E-state index in [0.717, 1.165) is 28.6 Å². The Morgan fingerprint density at radius 2 is 1.86 bits per heavy atom. The summed E-state index contributed by atoms with van der Waals surface area (Å²) in [6.07, 6.45) is -4.04. The fourth-order valence-corrected chi connectivity index (χ4v) is 3.93. The Labute approximate surface area is 124 Å². The second kappa shape index (κ2) is 5.76. The Morgan fingerprint density at radius 3 is 2.36 bits per heavy atom. The number of halogens is 3. The van der Waals surface area contributed by atoms with Crippen molar-refractivity contribution in [1.82, 2.24) is 4.31 Å². The fourth-order valence-electron chi connectivity index (χ4n) is 2.26. The Bertz CT molecular complexity index is 658. The number of nitrogens with zero attached hydrogens (tertiary/aromatic N) is 1. The number of alkyl halides is 3. The van der Waals surface area contributed by atoms with E-state index in [1.54, 1.807) is 0 Å². The Kier molecular flexibility index (Phi) is 4.34. The summed E-state index contributed by atoms with van der Waals surface area (Å²) in [7, 11) is -4.00. The molecular weight excluding hydrogens is 325 g/mol. The predicted molar refractivity (Wildman–Crippen MR) is 69.2 cm³/mol. The number of amides is 1. The molecule has 0 saturated carbocycles. The SMILES string of the molecule is NC(=O)C1CCCN1S(=O)(=O)c1ccc(OC(F)(F)F)cc1. The van der Waals surface area contributed by atoms with E-state index >= 15 is 0 Å². The molecule has 1 fully saturated rings. The van der Waals surface area contributed by atoms with Gasteiger partial charge in [-0.25, -0.2) is 8.42 Å². The first-order valence-corrected chi connectivity index (χ1v) is 7.72. The van der Waals surface area contributed by atoms with Crippen LogP contribution in [-0.2, 0) is 14.8 Å². The number of hydrogen-bond acceptors (Lipinski definition) is 4. The lowest BCUT2D eigenvalue weighted by Crippen LogP contribution is -2.43. The van der Waals surface area contributed by atoms with E-state index in [2.05, 4.69) is 4.74 Å². The van der Waals surface area contributed by atoms with Crippen LogP contribution in [-0.4, -0.2) is 37.6 Å². The van der Waals surface area contributed by atoms with Crippen molar-refractivity contribution < 1.29 is 31.1 Å². The number of rotatable bonds is 4. The highest BCUT2D eigenvalue weighted by Gasteiger charge is 2.38. The van der Waals surface area contributed by atoms with Gasteiger partial charge in [0, 0.05) is 6.54 Å². The van der Waals surface area contributed by atoms with Crippen molar-refractivity contribution in [2.45, 2.75) is 30.1 Å². The zero-order valence-electron chi connectivity index (χ0n) is 11.2. The van der Waals surface area contributed by atoms with E-state index in [0.29, 0.717) is 12.8 Å². The molecule has 1 aromatic carbocycles. The molecule has 6 nitrogen and oxygen atoms in total. The van der Waals surface area contributed by atoms with Crippen LogP contribution < -0.4 is 10.5 Å². The van der Waals surface area contributed by atoms with Crippen LogP contribution in [0.25, 0.3) is 0 Å². The van der Waals surface area contributed by atoms with Gasteiger partial charge in [0.05, 0.1) is 4.90 Å². The van der Waals surface area contributed by atoms with E-state index in [4.69, 9.17) is 5.73 Å². The third-order valence-corrected chi connectivity index (χ3v) is 5.12. The Balaban J connectivity index is 2.25. The van der Waals surface area contributed by atoms with E-state index in [-0.39, 0.29) is 11.4 Å². The number of benzene rings is 1. The molecule has 0 radical (unpaired) electrons. The van der Waals surface area contributed by atoms with E-state index in [1.807, 2.05) is 0 Å². The maximum absolute atomic E-state index is 12.4. The molecule has 1 atom stereocenters. The zero-order valence-corrected chi connectivity index (χ0v) is 12.0. The number of carbonyl (C=O) groups is 1. The highest BCUT2D eigenvalue weighted by atomic mass is 32.2. The predicted octanol–water partition coefficient (Wildman–Crippen LogP) is 1.22. The van der Waals surface area contributed by atoms with Gasteiger partial charge in [-0.3, -0.25) is 4.79 Å². The monoisotopic (exact) mass is 338 g/mol. The number of nitrogens with two attached hydrogens (primary N) is 1. The number of hydrogen-bond donors (Lipinski definition) is 1. The molecule has 1 aliphatic rings. The zero-order chi connectivity index (χ0) is 16.5. The first-order chi connectivity index (χ1) is 10.1. The summed E-state index contributed by atoms with van der Waals surface area (Å²) in [5.74, 6) is -1.28. The fraction of sp³-hybridized carbons (Fsp3) is 0.417. The summed E-state index contributed by atoms with van der Waals surface area (Å²) in [5.41, 5.74) is 5.17. The molecule has 1 unspecified atom stereocenters. The largest absolute Gasteiger partial charge is 0.573 e. The summed E-state index contributed by atoms with van der Waals surface area (Å²) in [4.78, 5) is 11.0. The molecule has 0 aliphatic carbocycles. The second-order valence-corrected chi connectivity index (χ2v) is 6.59. The van der Waals surface area contributed by atoms with Crippen molar-refractivity contribution in [2.24, 2.45) is 5.73 Å². The van der Waals surface area contributed by atoms with Crippen LogP contribution in [0.4, 0.5) is 13.2 Å². The molecule has 22 heavy (non-hydrogen) atoms. The quantitative estimate of drug-likeness (QED) is 0.894. The molecule has 1 saturated heterocycles. The number of ether oxygens (including phenoxy) is 1. The van der Waals surface area contributed by atoms with Gasteiger partial charge in [0.2, 0.25) is 15.9 Å². The first-order valence-electron chi connectivity index (χ1n) is 6.28. The third kappa shape index (κ3) is 3.50. The van der Waals surface area contributed by atoms with Gasteiger partial charge in [0.15, 0.2) is 0 Å². The molecular formula is C12H13F3N2O4S. The average molecular weight is 338 g/mol. The molecule has 1 aromatic rings. The van der Waals surface area contributed by atoms with Gasteiger partial charge in [0.25, 0.3) is 0 Å². The lowest BCUT2D eigenvalue weighted by molar-refractivity contribution is -0.274. The third-order valence-electron chi connectivity index (χ3n) is 3.20. The maximum atomic E-state index is 12.4. The Morgan fingerprint density at radius 1 is 1.27 bits per heavy atom. The van der Waals surface area contributed by atoms with Crippen molar-refractivity contribution >= 4 is 15.9 Å². The van der Waals surface area contributed by atoms with Crippen LogP contribution in [0.2, 0.25) is 0 Å². The van der Waals surface area contributed by atoms with Gasteiger partial charge in [-0.1, -0.05) is 0 Å². The average Bonchev–Trinajstić information content (AvgIpc) is 2.87. The topological polar surface area (TPSA) is 89.7 Å². The van der Waals surface area contributed by atoms with Crippen molar-refractivity contribution in [3.8, 4) is 5.75 Å². The lowest BCUT2D eigenvalue weighted by atomic mass is 10.2. The first kappa shape index (κ1) is 16.6. The van der Waals surface area contributed by atoms with Gasteiger partial charge in [-0.05, 0) is 37.1 Å². The summed E-state index contributed by atoms with van der Waals surface area (Å²) in [5, 5.41) is 0. The second-order valence-electron chi connectivity index (χ2n) is 4.70. The van der Waals surface area contributed by atoms with E-state index in [1.165, 1.54) is 0 Å². The molecule has 2 rings (SSSR count). The minimum Gasteiger partial charge on any atom is -0.406 e. The molecule has 0 bridgehead atoms. The number of carbonyl (C=O) groups excluding carboxylic acids is 1. The van der Waals surface area contributed by atoms with Crippen molar-refractivity contribution in [3.05, 3.63) is 24.3 Å². The highest BCUT2D eigenvalue weighted by Crippen LogP contribution is 2.28. The van der Waals surface area contributed by atoms with Crippen molar-refractivity contribution in [3.63, 3.8) is 0 Å². The summed E-state index contributed by atoms with van der Waals surface area (Å²) < 4.78 is 65.6. The lowest BCUT2D eigenvalue weighted by Gasteiger charge is -2.21. The summed E-state index contributed by atoms with van der Waals surface area (Å²) in [6, 6.07) is 2.85. The van der Waals surface area contributed by atoms with Crippen LogP contribution in [0.3, 0.4) is 0 Å². The van der Waals surface area contributed by atoms with Crippen LogP contribution in [0, 0.1) is 0 Å². The normalized spacial score (nSPS) is 20.0. The number of primary amides is 1. The van der Waals surface area contributed by atoms with Crippen LogP contribution in [0.5, 0.6) is 5.75 Å². The summed E-state index contributed by atoms with van der Waals surface area (Å²) in [6.45, 7) is 0.136. The molecule has 2 N–H and O–H groups in total. The molecule has 1 heterocycles. The molecule has 0 spiro atoms. The standard InChI is InChI=1S/C12H13F3N2O4S/c13-12(14,15)21-8-3-5-9(6-4-8)22(19,20)17-7-1-2-10(17)11(16)18/h3-6,10H,1-2,7H2,(H2,16,18). The van der Waals surface area contributed by atoms with Crippen LogP contribution >= 0.6 is 0 Å². The van der Waals surface area contributed by atoms with Crippen LogP contribution in [0.15, 0.2) is 29.2 Å². The minimum absolute atomic E-state index is 0.136. The molecule has 122 valence electrons. The Hall–Kier alpha value is -1.81. The van der Waals surface area contributed by atoms with Crippen molar-refractivity contribution in [1.29, 1.82) is 0 Å². The van der Waals surface area contributed by atoms with Crippen molar-refractivity contribution in [2.75, 3.05) is 6.54 Å². The van der Waals surface area contributed by atoms with Gasteiger partial charge >= 0.3 is 6.36 Å². The van der Waals surface area contributed by atoms with Gasteiger partial charge in [-0.15, -0.1) is 13.2 Å². The number of sulfonamides is 1. The van der Waals surface area contributed by atoms with E-state index < -0.39 is 34.1 Å². The van der Waals surface area contributed by atoms with Crippen LogP contribution in [0.1, 0.15) is 12.8 Å². The maximum Gasteiger partial charge on any atom is 0.573 e.